The summed E-state index contributed by atoms with van der Waals surface area (Å²) in [5, 5.41) is 2.24. The predicted molar refractivity (Wildman–Crippen MR) is 55.7 cm³/mol. The molecule has 0 heterocycles. The summed E-state index contributed by atoms with van der Waals surface area (Å²) >= 11 is 0. The van der Waals surface area contributed by atoms with E-state index in [9.17, 15) is 13.4 Å². The number of halogens is 2. The molecule has 0 radical (unpaired) electrons. The van der Waals surface area contributed by atoms with E-state index in [2.05, 4.69) is 5.32 Å². The Morgan fingerprint density at radius 1 is 1.40 bits per heavy atom. The summed E-state index contributed by atoms with van der Waals surface area (Å²) in [7, 11) is -2.55. The zero-order valence-electron chi connectivity index (χ0n) is 8.41. The van der Waals surface area contributed by atoms with Crippen LogP contribution in [-0.2, 0) is 11.2 Å². The largest absolute Gasteiger partial charge is 0.560 e. The minimum Gasteiger partial charge on any atom is -0.354 e. The summed E-state index contributed by atoms with van der Waals surface area (Å²) in [6.45, 7) is 1.24. The van der Waals surface area contributed by atoms with Gasteiger partial charge in [0.1, 0.15) is 0 Å². The van der Waals surface area contributed by atoms with E-state index in [1.165, 1.54) is 6.92 Å². The molecule has 1 rings (SSSR count). The fraction of sp³-hybridized carbons (Fsp3) is 0.300. The van der Waals surface area contributed by atoms with Crippen molar-refractivity contribution >= 4 is 13.2 Å². The second-order valence-corrected chi connectivity index (χ2v) is 3.33. The van der Waals surface area contributed by atoms with Gasteiger partial charge in [-0.2, -0.15) is 0 Å². The number of benzene rings is 1. The predicted octanol–water partition coefficient (Wildman–Crippen LogP) is 1.70. The first-order valence-corrected chi connectivity index (χ1v) is 4.69. The van der Waals surface area contributed by atoms with Crippen LogP contribution in [0.25, 0.3) is 0 Å². The van der Waals surface area contributed by atoms with E-state index < -0.39 is 19.1 Å². The molecule has 15 heavy (non-hydrogen) atoms. The van der Waals surface area contributed by atoms with E-state index in [1.54, 1.807) is 24.3 Å². The summed E-state index contributed by atoms with van der Waals surface area (Å²) in [6.07, 6.45) is 0.151. The molecule has 1 aromatic carbocycles. The molecule has 0 saturated heterocycles. The van der Waals surface area contributed by atoms with Crippen molar-refractivity contribution in [2.75, 3.05) is 0 Å². The summed E-state index contributed by atoms with van der Waals surface area (Å²) < 4.78 is 25.1. The first kappa shape index (κ1) is 11.7. The lowest BCUT2D eigenvalue weighted by Crippen LogP contribution is -2.42. The van der Waals surface area contributed by atoms with Crippen molar-refractivity contribution in [1.29, 1.82) is 0 Å². The van der Waals surface area contributed by atoms with Gasteiger partial charge < -0.3 is 5.32 Å². The summed E-state index contributed by atoms with van der Waals surface area (Å²) in [6, 6.07) is 8.91. The molecule has 0 aliphatic heterocycles. The Hall–Kier alpha value is -1.39. The van der Waals surface area contributed by atoms with Crippen molar-refractivity contribution in [3.63, 3.8) is 0 Å². The van der Waals surface area contributed by atoms with E-state index in [1.807, 2.05) is 6.07 Å². The van der Waals surface area contributed by atoms with Crippen LogP contribution in [0.5, 0.6) is 0 Å². The third-order valence-corrected chi connectivity index (χ3v) is 1.99. The monoisotopic (exact) mass is 211 g/mol. The minimum absolute atomic E-state index is 0.151. The second-order valence-electron chi connectivity index (χ2n) is 3.33. The maximum Gasteiger partial charge on any atom is 0.560 e. The van der Waals surface area contributed by atoms with Gasteiger partial charge in [0, 0.05) is 6.92 Å². The SMILES string of the molecule is CC(=O)NC(Cc1ccccc1)B(F)F. The normalized spacial score (nSPS) is 11.9. The molecule has 2 nitrogen and oxygen atoms in total. The van der Waals surface area contributed by atoms with E-state index in [4.69, 9.17) is 0 Å². The molecule has 0 aliphatic rings. The van der Waals surface area contributed by atoms with Crippen LogP contribution >= 0.6 is 0 Å². The van der Waals surface area contributed by atoms with E-state index >= 15 is 0 Å². The zero-order chi connectivity index (χ0) is 11.3. The van der Waals surface area contributed by atoms with Crippen LogP contribution in [0.15, 0.2) is 30.3 Å². The van der Waals surface area contributed by atoms with Gasteiger partial charge in [-0.25, -0.2) is 0 Å². The van der Waals surface area contributed by atoms with Gasteiger partial charge in [-0.05, 0) is 12.0 Å². The fourth-order valence-corrected chi connectivity index (χ4v) is 1.33. The molecule has 5 heteroatoms. The Morgan fingerprint density at radius 3 is 2.47 bits per heavy atom. The Bertz CT molecular complexity index is 318. The molecule has 0 saturated carbocycles. The van der Waals surface area contributed by atoms with Gasteiger partial charge in [-0.3, -0.25) is 13.4 Å². The molecule has 0 fully saturated rings. The quantitative estimate of drug-likeness (QED) is 0.754. The van der Waals surface area contributed by atoms with Crippen LogP contribution in [0.3, 0.4) is 0 Å². The molecule has 0 spiro atoms. The minimum atomic E-state index is -2.55. The third-order valence-electron chi connectivity index (χ3n) is 1.99. The average Bonchev–Trinajstić information content (AvgIpc) is 2.17. The van der Waals surface area contributed by atoms with Gasteiger partial charge in [0.25, 0.3) is 0 Å². The Labute approximate surface area is 87.9 Å². The standard InChI is InChI=1S/C10H12BF2NO/c1-8(15)14-10(11(12)13)7-9-5-3-2-4-6-9/h2-6,10H,7H2,1H3,(H,14,15). The number of carbonyl (C=O) groups is 1. The average molecular weight is 211 g/mol. The Morgan fingerprint density at radius 2 is 2.00 bits per heavy atom. The van der Waals surface area contributed by atoms with Gasteiger partial charge in [0.2, 0.25) is 5.91 Å². The highest BCUT2D eigenvalue weighted by Crippen LogP contribution is 2.07. The topological polar surface area (TPSA) is 29.1 Å². The molecular formula is C10H12BF2NO. The number of rotatable bonds is 4. The van der Waals surface area contributed by atoms with Gasteiger partial charge in [-0.1, -0.05) is 30.3 Å². The van der Waals surface area contributed by atoms with E-state index in [-0.39, 0.29) is 6.42 Å². The van der Waals surface area contributed by atoms with Crippen LogP contribution < -0.4 is 5.32 Å². The number of hydrogen-bond acceptors (Lipinski definition) is 1. The molecule has 0 aliphatic carbocycles. The zero-order valence-corrected chi connectivity index (χ0v) is 8.41. The highest BCUT2D eigenvalue weighted by Gasteiger charge is 2.28. The molecule has 0 aromatic heterocycles. The summed E-state index contributed by atoms with van der Waals surface area (Å²) in [5.41, 5.74) is 0.788. The maximum absolute atomic E-state index is 12.5. The smallest absolute Gasteiger partial charge is 0.354 e. The molecule has 1 atom stereocenters. The number of hydrogen-bond donors (Lipinski definition) is 1. The van der Waals surface area contributed by atoms with Gasteiger partial charge in [-0.15, -0.1) is 0 Å². The van der Waals surface area contributed by atoms with Gasteiger partial charge in [0.15, 0.2) is 0 Å². The summed E-state index contributed by atoms with van der Waals surface area (Å²) in [5.74, 6) is -1.54. The lowest BCUT2D eigenvalue weighted by molar-refractivity contribution is -0.119. The van der Waals surface area contributed by atoms with Crippen molar-refractivity contribution < 1.29 is 13.4 Å². The van der Waals surface area contributed by atoms with Crippen molar-refractivity contribution in [2.45, 2.75) is 19.3 Å². The maximum atomic E-state index is 12.5. The highest BCUT2D eigenvalue weighted by atomic mass is 19.2. The molecule has 1 unspecified atom stereocenters. The van der Waals surface area contributed by atoms with Crippen LogP contribution in [0.1, 0.15) is 12.5 Å². The molecule has 1 aromatic rings. The van der Waals surface area contributed by atoms with Crippen LogP contribution in [0.2, 0.25) is 0 Å². The summed E-state index contributed by atoms with van der Waals surface area (Å²) in [4.78, 5) is 10.7. The lowest BCUT2D eigenvalue weighted by atomic mass is 9.81. The van der Waals surface area contributed by atoms with Crippen molar-refractivity contribution in [1.82, 2.24) is 5.32 Å². The number of amides is 1. The first-order valence-electron chi connectivity index (χ1n) is 4.69. The van der Waals surface area contributed by atoms with Crippen LogP contribution in [0, 0.1) is 0 Å². The van der Waals surface area contributed by atoms with Crippen LogP contribution in [-0.4, -0.2) is 19.1 Å². The Balaban J connectivity index is 2.63. The first-order chi connectivity index (χ1) is 7.09. The molecule has 80 valence electrons. The van der Waals surface area contributed by atoms with Crippen molar-refractivity contribution in [2.24, 2.45) is 0 Å². The Kier molecular flexibility index (Phi) is 4.27. The molecule has 0 bridgehead atoms. The third kappa shape index (κ3) is 4.10. The van der Waals surface area contributed by atoms with Crippen LogP contribution in [0.4, 0.5) is 8.63 Å². The van der Waals surface area contributed by atoms with Gasteiger partial charge in [0.05, 0.1) is 5.94 Å². The molecule has 1 N–H and O–H groups in total. The lowest BCUT2D eigenvalue weighted by Gasteiger charge is -2.14. The van der Waals surface area contributed by atoms with E-state index in [0.29, 0.717) is 0 Å². The molecule has 1 amide bonds. The molecular weight excluding hydrogens is 199 g/mol. The fourth-order valence-electron chi connectivity index (χ4n) is 1.33. The van der Waals surface area contributed by atoms with E-state index in [0.717, 1.165) is 5.56 Å². The van der Waals surface area contributed by atoms with Gasteiger partial charge >= 0.3 is 7.27 Å². The number of nitrogens with one attached hydrogen (secondary N) is 1. The highest BCUT2D eigenvalue weighted by molar-refractivity contribution is 6.45. The van der Waals surface area contributed by atoms with Crippen molar-refractivity contribution in [3.05, 3.63) is 35.9 Å². The van der Waals surface area contributed by atoms with Crippen molar-refractivity contribution in [3.8, 4) is 0 Å². The number of carbonyl (C=O) groups excluding carboxylic acids is 1. The second kappa shape index (κ2) is 5.48.